The van der Waals surface area contributed by atoms with Gasteiger partial charge >= 0.3 is 0 Å². The fourth-order valence-corrected chi connectivity index (χ4v) is 3.66. The molecule has 0 unspecified atom stereocenters. The second-order valence-electron chi connectivity index (χ2n) is 6.85. The molecule has 0 saturated heterocycles. The highest BCUT2D eigenvalue weighted by Gasteiger charge is 2.25. The van der Waals surface area contributed by atoms with E-state index in [1.54, 1.807) is 19.1 Å². The summed E-state index contributed by atoms with van der Waals surface area (Å²) in [5, 5.41) is 2.77. The zero-order valence-electron chi connectivity index (χ0n) is 17.8. The average molecular weight is 437 g/mol. The third-order valence-corrected chi connectivity index (χ3v) is 5.46. The van der Waals surface area contributed by atoms with Gasteiger partial charge in [0.2, 0.25) is 15.9 Å². The molecule has 1 N–H and O–H groups in total. The third-order valence-electron chi connectivity index (χ3n) is 4.33. The van der Waals surface area contributed by atoms with Crippen LogP contribution in [0.25, 0.3) is 0 Å². The lowest BCUT2D eigenvalue weighted by Crippen LogP contribution is -2.45. The molecule has 0 spiro atoms. The Labute approximate surface area is 177 Å². The van der Waals surface area contributed by atoms with E-state index in [0.717, 1.165) is 21.9 Å². The molecule has 0 saturated carbocycles. The number of ether oxygens (including phenoxy) is 3. The summed E-state index contributed by atoms with van der Waals surface area (Å²) in [6.07, 6.45) is 1.04. The molecule has 8 nitrogen and oxygen atoms in total. The summed E-state index contributed by atoms with van der Waals surface area (Å²) in [5.74, 6) is 1.07. The van der Waals surface area contributed by atoms with Crippen molar-refractivity contribution in [3.8, 4) is 17.2 Å². The van der Waals surface area contributed by atoms with Crippen LogP contribution in [0.4, 0.5) is 5.69 Å². The molecule has 0 aliphatic heterocycles. The molecule has 0 bridgehead atoms. The van der Waals surface area contributed by atoms with E-state index < -0.39 is 22.5 Å². The van der Waals surface area contributed by atoms with Gasteiger partial charge in [-0.25, -0.2) is 8.42 Å². The Balaban J connectivity index is 2.08. The molecular formula is C21H28N2O6S. The van der Waals surface area contributed by atoms with Gasteiger partial charge in [-0.3, -0.25) is 9.10 Å². The molecule has 2 aromatic rings. The summed E-state index contributed by atoms with van der Waals surface area (Å²) in [7, 11) is -0.824. The van der Waals surface area contributed by atoms with Crippen LogP contribution in [0.5, 0.6) is 17.2 Å². The van der Waals surface area contributed by atoms with Gasteiger partial charge in [0.05, 0.1) is 32.2 Å². The Hall–Kier alpha value is -2.94. The molecule has 0 fully saturated rings. The Morgan fingerprint density at radius 2 is 1.80 bits per heavy atom. The molecule has 164 valence electrons. The first-order chi connectivity index (χ1) is 14.2. The first-order valence-corrected chi connectivity index (χ1v) is 11.2. The lowest BCUT2D eigenvalue weighted by molar-refractivity contribution is -0.120. The summed E-state index contributed by atoms with van der Waals surface area (Å²) < 4.78 is 41.9. The monoisotopic (exact) mass is 436 g/mol. The van der Waals surface area contributed by atoms with Gasteiger partial charge < -0.3 is 19.5 Å². The molecule has 0 aliphatic rings. The Bertz CT molecular complexity index is 977. The second-order valence-corrected chi connectivity index (χ2v) is 8.76. The van der Waals surface area contributed by atoms with Crippen LogP contribution in [-0.4, -0.2) is 54.0 Å². The second kappa shape index (κ2) is 10.2. The predicted molar refractivity (Wildman–Crippen MR) is 116 cm³/mol. The van der Waals surface area contributed by atoms with E-state index in [1.165, 1.54) is 20.3 Å². The molecule has 30 heavy (non-hydrogen) atoms. The largest absolute Gasteiger partial charge is 0.497 e. The van der Waals surface area contributed by atoms with Crippen molar-refractivity contribution in [3.63, 3.8) is 0 Å². The van der Waals surface area contributed by atoms with E-state index in [0.29, 0.717) is 5.75 Å². The minimum Gasteiger partial charge on any atom is -0.497 e. The standard InChI is InChI=1S/C21H28N2O6S/c1-15-8-6-7-9-19(15)29-14-16(2)22-21(24)13-23(30(5,25)26)18-11-10-17(27-3)12-20(18)28-4/h6-12,16H,13-14H2,1-5H3,(H,22,24)/t16-/m1/s1. The fourth-order valence-electron chi connectivity index (χ4n) is 2.80. The van der Waals surface area contributed by atoms with E-state index in [2.05, 4.69) is 5.32 Å². The minimum absolute atomic E-state index is 0.250. The summed E-state index contributed by atoms with van der Waals surface area (Å²) in [6.45, 7) is 3.58. The Morgan fingerprint density at radius 3 is 2.40 bits per heavy atom. The normalized spacial score (nSPS) is 12.0. The van der Waals surface area contributed by atoms with E-state index in [9.17, 15) is 13.2 Å². The first-order valence-electron chi connectivity index (χ1n) is 9.33. The first kappa shape index (κ1) is 23.3. The topological polar surface area (TPSA) is 94.2 Å². The molecule has 1 amide bonds. The molecular weight excluding hydrogens is 408 g/mol. The van der Waals surface area contributed by atoms with Crippen molar-refractivity contribution in [2.45, 2.75) is 19.9 Å². The molecule has 0 aliphatic carbocycles. The number of anilines is 1. The smallest absolute Gasteiger partial charge is 0.241 e. The lowest BCUT2D eigenvalue weighted by Gasteiger charge is -2.25. The van der Waals surface area contributed by atoms with E-state index in [-0.39, 0.29) is 24.1 Å². The van der Waals surface area contributed by atoms with E-state index in [1.807, 2.05) is 31.2 Å². The highest BCUT2D eigenvalue weighted by molar-refractivity contribution is 7.92. The van der Waals surface area contributed by atoms with Crippen LogP contribution in [0.3, 0.4) is 0 Å². The molecule has 0 radical (unpaired) electrons. The van der Waals surface area contributed by atoms with Crippen molar-refractivity contribution in [2.24, 2.45) is 0 Å². The number of nitrogens with one attached hydrogen (secondary N) is 1. The van der Waals surface area contributed by atoms with Crippen LogP contribution in [0.2, 0.25) is 0 Å². The number of methoxy groups -OCH3 is 2. The molecule has 0 aromatic heterocycles. The highest BCUT2D eigenvalue weighted by atomic mass is 32.2. The highest BCUT2D eigenvalue weighted by Crippen LogP contribution is 2.33. The van der Waals surface area contributed by atoms with Crippen molar-refractivity contribution >= 4 is 21.6 Å². The van der Waals surface area contributed by atoms with Crippen molar-refractivity contribution in [1.29, 1.82) is 0 Å². The number of hydrogen-bond acceptors (Lipinski definition) is 6. The predicted octanol–water partition coefficient (Wildman–Crippen LogP) is 2.36. The Morgan fingerprint density at radius 1 is 1.10 bits per heavy atom. The summed E-state index contributed by atoms with van der Waals surface area (Å²) in [4.78, 5) is 12.5. The maximum Gasteiger partial charge on any atom is 0.241 e. The summed E-state index contributed by atoms with van der Waals surface area (Å²) >= 11 is 0. The summed E-state index contributed by atoms with van der Waals surface area (Å²) in [5.41, 5.74) is 1.24. The number of rotatable bonds is 10. The zero-order valence-corrected chi connectivity index (χ0v) is 18.7. The number of carbonyl (C=O) groups is 1. The number of benzene rings is 2. The average Bonchev–Trinajstić information content (AvgIpc) is 2.70. The van der Waals surface area contributed by atoms with Gasteiger partial charge in [-0.15, -0.1) is 0 Å². The maximum absolute atomic E-state index is 12.5. The molecule has 9 heteroatoms. The van der Waals surface area contributed by atoms with Crippen molar-refractivity contribution in [3.05, 3.63) is 48.0 Å². The minimum atomic E-state index is -3.74. The Kier molecular flexibility index (Phi) is 7.93. The summed E-state index contributed by atoms with van der Waals surface area (Å²) in [6, 6.07) is 12.0. The fraction of sp³-hybridized carbons (Fsp3) is 0.381. The molecule has 1 atom stereocenters. The molecule has 2 aromatic carbocycles. The van der Waals surface area contributed by atoms with Crippen LogP contribution in [0.1, 0.15) is 12.5 Å². The SMILES string of the molecule is COc1ccc(N(CC(=O)N[C@H](C)COc2ccccc2C)S(C)(=O)=O)c(OC)c1. The van der Waals surface area contributed by atoms with Crippen LogP contribution in [0, 0.1) is 6.92 Å². The van der Waals surface area contributed by atoms with Gasteiger partial charge in [0.25, 0.3) is 0 Å². The lowest BCUT2D eigenvalue weighted by atomic mass is 10.2. The third kappa shape index (κ3) is 6.28. The van der Waals surface area contributed by atoms with Gasteiger partial charge in [0.1, 0.15) is 30.4 Å². The van der Waals surface area contributed by atoms with Crippen molar-refractivity contribution in [1.82, 2.24) is 5.32 Å². The number of aryl methyl sites for hydroxylation is 1. The number of amides is 1. The maximum atomic E-state index is 12.5. The zero-order chi connectivity index (χ0) is 22.3. The molecule has 2 rings (SSSR count). The van der Waals surface area contributed by atoms with Gasteiger partial charge in [0, 0.05) is 6.07 Å². The number of para-hydroxylation sites is 1. The van der Waals surface area contributed by atoms with E-state index in [4.69, 9.17) is 14.2 Å². The molecule has 0 heterocycles. The number of sulfonamides is 1. The van der Waals surface area contributed by atoms with Gasteiger partial charge in [-0.1, -0.05) is 18.2 Å². The van der Waals surface area contributed by atoms with Crippen LogP contribution < -0.4 is 23.8 Å². The van der Waals surface area contributed by atoms with E-state index >= 15 is 0 Å². The van der Waals surface area contributed by atoms with Gasteiger partial charge in [-0.2, -0.15) is 0 Å². The van der Waals surface area contributed by atoms with Gasteiger partial charge in [-0.05, 0) is 37.6 Å². The quantitative estimate of drug-likeness (QED) is 0.615. The van der Waals surface area contributed by atoms with Crippen LogP contribution in [-0.2, 0) is 14.8 Å². The van der Waals surface area contributed by atoms with Crippen molar-refractivity contribution < 1.29 is 27.4 Å². The van der Waals surface area contributed by atoms with Gasteiger partial charge in [0.15, 0.2) is 0 Å². The number of hydrogen-bond donors (Lipinski definition) is 1. The van der Waals surface area contributed by atoms with Crippen LogP contribution in [0.15, 0.2) is 42.5 Å². The van der Waals surface area contributed by atoms with Crippen molar-refractivity contribution in [2.75, 3.05) is 37.9 Å². The number of nitrogens with zero attached hydrogens (tertiary/aromatic N) is 1. The van der Waals surface area contributed by atoms with Crippen LogP contribution >= 0.6 is 0 Å². The number of carbonyl (C=O) groups excluding carboxylic acids is 1.